The molecule has 0 bridgehead atoms. The number of amides is 1. The van der Waals surface area contributed by atoms with Crippen LogP contribution < -0.4 is 14.8 Å². The number of nitrogens with one attached hydrogen (secondary N) is 1. The zero-order chi connectivity index (χ0) is 18.4. The lowest BCUT2D eigenvalue weighted by molar-refractivity contribution is -0.127. The number of carboxylic acid groups (broad SMARTS) is 1. The van der Waals surface area contributed by atoms with E-state index < -0.39 is 18.0 Å². The summed E-state index contributed by atoms with van der Waals surface area (Å²) in [7, 11) is 1.44. The van der Waals surface area contributed by atoms with E-state index in [-0.39, 0.29) is 23.7 Å². The fourth-order valence-corrected chi connectivity index (χ4v) is 2.08. The van der Waals surface area contributed by atoms with Crippen LogP contribution in [0, 0.1) is 5.82 Å². The number of rotatable bonds is 7. The molecule has 0 heterocycles. The van der Waals surface area contributed by atoms with Crippen molar-refractivity contribution in [1.82, 2.24) is 5.32 Å². The van der Waals surface area contributed by atoms with E-state index in [9.17, 15) is 19.1 Å². The summed E-state index contributed by atoms with van der Waals surface area (Å²) >= 11 is 0. The molecule has 0 radical (unpaired) electrons. The summed E-state index contributed by atoms with van der Waals surface area (Å²) < 4.78 is 23.4. The van der Waals surface area contributed by atoms with Crippen LogP contribution in [0.2, 0.25) is 0 Å². The van der Waals surface area contributed by atoms with Crippen LogP contribution in [0.1, 0.15) is 22.8 Å². The van der Waals surface area contributed by atoms with E-state index in [2.05, 4.69) is 5.32 Å². The Hall–Kier alpha value is -3.09. The number of ether oxygens (including phenoxy) is 2. The van der Waals surface area contributed by atoms with Gasteiger partial charge in [-0.3, -0.25) is 4.79 Å². The fraction of sp³-hybridized carbons (Fsp3) is 0.222. The zero-order valence-corrected chi connectivity index (χ0v) is 13.8. The summed E-state index contributed by atoms with van der Waals surface area (Å²) in [5.41, 5.74) is 0.661. The van der Waals surface area contributed by atoms with Gasteiger partial charge in [-0.2, -0.15) is 0 Å². The van der Waals surface area contributed by atoms with Gasteiger partial charge < -0.3 is 19.9 Å². The molecule has 0 fully saturated rings. The van der Waals surface area contributed by atoms with Gasteiger partial charge in [-0.05, 0) is 36.8 Å². The van der Waals surface area contributed by atoms with Crippen molar-refractivity contribution >= 4 is 11.9 Å². The highest BCUT2D eigenvalue weighted by molar-refractivity contribution is 5.91. The summed E-state index contributed by atoms with van der Waals surface area (Å²) in [5.74, 6) is -1.50. The molecular weight excluding hydrogens is 329 g/mol. The second-order valence-corrected chi connectivity index (χ2v) is 5.27. The Morgan fingerprint density at radius 2 is 1.88 bits per heavy atom. The maximum Gasteiger partial charge on any atom is 0.339 e. The van der Waals surface area contributed by atoms with Crippen LogP contribution >= 0.6 is 0 Å². The van der Waals surface area contributed by atoms with Crippen molar-refractivity contribution in [3.63, 3.8) is 0 Å². The molecule has 6 nitrogen and oxygen atoms in total. The van der Waals surface area contributed by atoms with E-state index >= 15 is 0 Å². The molecule has 0 aliphatic carbocycles. The highest BCUT2D eigenvalue weighted by Gasteiger charge is 2.19. The lowest BCUT2D eigenvalue weighted by Crippen LogP contribution is -2.36. The Kier molecular flexibility index (Phi) is 5.94. The molecule has 0 unspecified atom stereocenters. The fourth-order valence-electron chi connectivity index (χ4n) is 2.08. The van der Waals surface area contributed by atoms with Crippen LogP contribution in [0.25, 0.3) is 0 Å². The van der Waals surface area contributed by atoms with Gasteiger partial charge in [-0.1, -0.05) is 12.1 Å². The second kappa shape index (κ2) is 8.14. The first-order chi connectivity index (χ1) is 11.9. The van der Waals surface area contributed by atoms with E-state index in [0.717, 1.165) is 5.56 Å². The van der Waals surface area contributed by atoms with Gasteiger partial charge in [0.1, 0.15) is 22.9 Å². The largest absolute Gasteiger partial charge is 0.497 e. The standard InChI is InChI=1S/C18H18FNO5/c1-11(17(21)20-10-12-3-5-13(19)6-4-12)25-16-9-14(24-2)7-8-15(16)18(22)23/h3-9,11H,10H2,1-2H3,(H,20,21)(H,22,23)/t11-/m1/s1. The van der Waals surface area contributed by atoms with Gasteiger partial charge in [0, 0.05) is 12.6 Å². The monoisotopic (exact) mass is 347 g/mol. The SMILES string of the molecule is COc1ccc(C(=O)O)c(O[C@H](C)C(=O)NCc2ccc(F)cc2)c1. The minimum Gasteiger partial charge on any atom is -0.497 e. The molecule has 0 saturated carbocycles. The van der Waals surface area contributed by atoms with Crippen LogP contribution in [-0.4, -0.2) is 30.2 Å². The number of carbonyl (C=O) groups is 2. The maximum atomic E-state index is 12.9. The molecule has 0 spiro atoms. The molecule has 0 aliphatic rings. The third kappa shape index (κ3) is 4.94. The number of methoxy groups -OCH3 is 1. The zero-order valence-electron chi connectivity index (χ0n) is 13.8. The van der Waals surface area contributed by atoms with Crippen molar-refractivity contribution in [3.05, 3.63) is 59.4 Å². The van der Waals surface area contributed by atoms with E-state index in [0.29, 0.717) is 5.75 Å². The van der Waals surface area contributed by atoms with Gasteiger partial charge in [0.2, 0.25) is 0 Å². The van der Waals surface area contributed by atoms with Crippen molar-refractivity contribution < 1.29 is 28.6 Å². The Bertz CT molecular complexity index is 761. The minimum atomic E-state index is -1.17. The number of hydrogen-bond acceptors (Lipinski definition) is 4. The predicted octanol–water partition coefficient (Wildman–Crippen LogP) is 2.62. The van der Waals surface area contributed by atoms with Crippen molar-refractivity contribution in [2.75, 3.05) is 7.11 Å². The lowest BCUT2D eigenvalue weighted by Gasteiger charge is -2.17. The van der Waals surface area contributed by atoms with Gasteiger partial charge in [-0.15, -0.1) is 0 Å². The number of halogens is 1. The van der Waals surface area contributed by atoms with Crippen LogP contribution in [0.3, 0.4) is 0 Å². The van der Waals surface area contributed by atoms with Crippen molar-refractivity contribution in [3.8, 4) is 11.5 Å². The second-order valence-electron chi connectivity index (χ2n) is 5.27. The molecule has 2 aromatic carbocycles. The Morgan fingerprint density at radius 1 is 1.20 bits per heavy atom. The Labute approximate surface area is 144 Å². The molecule has 2 rings (SSSR count). The first-order valence-corrected chi connectivity index (χ1v) is 7.51. The average Bonchev–Trinajstić information content (AvgIpc) is 2.60. The van der Waals surface area contributed by atoms with Crippen LogP contribution in [0.5, 0.6) is 11.5 Å². The number of carbonyl (C=O) groups excluding carboxylic acids is 1. The molecule has 1 atom stereocenters. The smallest absolute Gasteiger partial charge is 0.339 e. The highest BCUT2D eigenvalue weighted by atomic mass is 19.1. The normalized spacial score (nSPS) is 11.5. The third-order valence-electron chi connectivity index (χ3n) is 3.47. The van der Waals surface area contributed by atoms with Gasteiger partial charge in [0.05, 0.1) is 7.11 Å². The first kappa shape index (κ1) is 18.3. The number of aromatic carboxylic acids is 1. The highest BCUT2D eigenvalue weighted by Crippen LogP contribution is 2.26. The molecule has 7 heteroatoms. The minimum absolute atomic E-state index is 0.0382. The summed E-state index contributed by atoms with van der Waals surface area (Å²) in [6.07, 6.45) is -0.925. The van der Waals surface area contributed by atoms with Gasteiger partial charge in [0.25, 0.3) is 5.91 Å². The third-order valence-corrected chi connectivity index (χ3v) is 3.47. The van der Waals surface area contributed by atoms with E-state index in [1.807, 2.05) is 0 Å². The summed E-state index contributed by atoms with van der Waals surface area (Å²) in [6, 6.07) is 9.98. The molecule has 0 aliphatic heterocycles. The maximum absolute atomic E-state index is 12.9. The summed E-state index contributed by atoms with van der Waals surface area (Å²) in [5, 5.41) is 11.9. The topological polar surface area (TPSA) is 84.9 Å². The Morgan fingerprint density at radius 3 is 2.48 bits per heavy atom. The molecule has 0 aromatic heterocycles. The van der Waals surface area contributed by atoms with Crippen LogP contribution in [0.4, 0.5) is 4.39 Å². The number of carboxylic acids is 1. The van der Waals surface area contributed by atoms with E-state index in [1.54, 1.807) is 12.1 Å². The quantitative estimate of drug-likeness (QED) is 0.804. The lowest BCUT2D eigenvalue weighted by atomic mass is 10.2. The van der Waals surface area contributed by atoms with E-state index in [4.69, 9.17) is 9.47 Å². The Balaban J connectivity index is 2.02. The van der Waals surface area contributed by atoms with Gasteiger partial charge in [-0.25, -0.2) is 9.18 Å². The van der Waals surface area contributed by atoms with E-state index in [1.165, 1.54) is 44.4 Å². The molecule has 2 N–H and O–H groups in total. The molecular formula is C18H18FNO5. The van der Waals surface area contributed by atoms with Gasteiger partial charge >= 0.3 is 5.97 Å². The average molecular weight is 347 g/mol. The summed E-state index contributed by atoms with van der Waals surface area (Å²) in [4.78, 5) is 23.4. The van der Waals surface area contributed by atoms with Crippen molar-refractivity contribution in [2.24, 2.45) is 0 Å². The molecule has 25 heavy (non-hydrogen) atoms. The van der Waals surface area contributed by atoms with Gasteiger partial charge in [0.15, 0.2) is 6.10 Å². The molecule has 2 aromatic rings. The predicted molar refractivity (Wildman–Crippen MR) is 88.3 cm³/mol. The number of benzene rings is 2. The summed E-state index contributed by atoms with van der Waals surface area (Å²) in [6.45, 7) is 1.71. The van der Waals surface area contributed by atoms with Crippen molar-refractivity contribution in [1.29, 1.82) is 0 Å². The molecule has 132 valence electrons. The molecule has 0 saturated heterocycles. The van der Waals surface area contributed by atoms with Crippen LogP contribution in [0.15, 0.2) is 42.5 Å². The first-order valence-electron chi connectivity index (χ1n) is 7.51. The van der Waals surface area contributed by atoms with Crippen molar-refractivity contribution in [2.45, 2.75) is 19.6 Å². The molecule has 1 amide bonds. The van der Waals surface area contributed by atoms with Crippen LogP contribution in [-0.2, 0) is 11.3 Å². The number of hydrogen-bond donors (Lipinski definition) is 2.